The largest absolute Gasteiger partial charge is 0.497 e. The third-order valence-electron chi connectivity index (χ3n) is 5.08. The minimum absolute atomic E-state index is 0.287. The first-order chi connectivity index (χ1) is 16.2. The molecular weight excluding hydrogens is 448 g/mol. The molecule has 0 radical (unpaired) electrons. The highest BCUT2D eigenvalue weighted by atomic mass is 19.4. The summed E-state index contributed by atoms with van der Waals surface area (Å²) in [5.74, 6) is -1.35. The van der Waals surface area contributed by atoms with E-state index in [0.29, 0.717) is 17.5 Å². The van der Waals surface area contributed by atoms with Crippen molar-refractivity contribution >= 4 is 11.6 Å². The number of pyridine rings is 1. The van der Waals surface area contributed by atoms with Crippen LogP contribution in [0.2, 0.25) is 0 Å². The second-order valence-electron chi connectivity index (χ2n) is 7.36. The van der Waals surface area contributed by atoms with Gasteiger partial charge in [-0.3, -0.25) is 4.79 Å². The zero-order valence-corrected chi connectivity index (χ0v) is 17.9. The molecular formula is C26H18F4N2O2. The Morgan fingerprint density at radius 1 is 0.853 bits per heavy atom. The van der Waals surface area contributed by atoms with E-state index < -0.39 is 29.0 Å². The van der Waals surface area contributed by atoms with Gasteiger partial charge in [0.15, 0.2) is 0 Å². The highest BCUT2D eigenvalue weighted by Gasteiger charge is 2.35. The van der Waals surface area contributed by atoms with Crippen LogP contribution in [0, 0.1) is 5.82 Å². The molecule has 0 fully saturated rings. The Kier molecular flexibility index (Phi) is 6.32. The van der Waals surface area contributed by atoms with E-state index in [9.17, 15) is 22.4 Å². The molecule has 1 aromatic heterocycles. The Bertz CT molecular complexity index is 1340. The van der Waals surface area contributed by atoms with Gasteiger partial charge in [0.1, 0.15) is 11.6 Å². The average molecular weight is 466 g/mol. The highest BCUT2D eigenvalue weighted by molar-refractivity contribution is 6.05. The van der Waals surface area contributed by atoms with Crippen molar-refractivity contribution in [2.24, 2.45) is 0 Å². The summed E-state index contributed by atoms with van der Waals surface area (Å²) in [6.45, 7) is 0. The molecule has 4 aromatic rings. The predicted molar refractivity (Wildman–Crippen MR) is 121 cm³/mol. The Labute approximate surface area is 192 Å². The van der Waals surface area contributed by atoms with E-state index in [4.69, 9.17) is 4.74 Å². The molecule has 172 valence electrons. The number of methoxy groups -OCH3 is 1. The summed E-state index contributed by atoms with van der Waals surface area (Å²) in [6.07, 6.45) is -4.86. The third kappa shape index (κ3) is 5.06. The number of ether oxygens (including phenoxy) is 1. The number of benzene rings is 3. The molecule has 1 amide bonds. The lowest BCUT2D eigenvalue weighted by Gasteiger charge is -2.13. The number of hydrogen-bond acceptors (Lipinski definition) is 3. The lowest BCUT2D eigenvalue weighted by atomic mass is 10.1. The molecule has 0 spiro atoms. The van der Waals surface area contributed by atoms with Crippen molar-refractivity contribution in [2.45, 2.75) is 6.18 Å². The lowest BCUT2D eigenvalue weighted by molar-refractivity contribution is -0.138. The summed E-state index contributed by atoms with van der Waals surface area (Å²) in [6, 6.07) is 21.5. The van der Waals surface area contributed by atoms with Gasteiger partial charge in [-0.2, -0.15) is 13.2 Å². The van der Waals surface area contributed by atoms with Crippen molar-refractivity contribution in [3.05, 3.63) is 102 Å². The summed E-state index contributed by atoms with van der Waals surface area (Å²) >= 11 is 0. The van der Waals surface area contributed by atoms with Gasteiger partial charge in [0.2, 0.25) is 0 Å². The van der Waals surface area contributed by atoms with Crippen molar-refractivity contribution in [3.63, 3.8) is 0 Å². The minimum atomic E-state index is -4.86. The van der Waals surface area contributed by atoms with Crippen LogP contribution in [0.3, 0.4) is 0 Å². The standard InChI is InChI=1S/C26H18F4N2O2/c1-34-20-5-2-4-17(14-20)24-7-3-6-23(32-24)16-8-11-19(12-9-16)31-25(33)21-13-10-18(27)15-22(21)26(28,29)30/h2-15H,1H3,(H,31,33). The van der Waals surface area contributed by atoms with E-state index in [-0.39, 0.29) is 5.69 Å². The maximum atomic E-state index is 13.3. The molecule has 0 saturated heterocycles. The number of amides is 1. The van der Waals surface area contributed by atoms with Gasteiger partial charge in [0.05, 0.1) is 29.6 Å². The van der Waals surface area contributed by atoms with E-state index in [1.54, 1.807) is 31.4 Å². The van der Waals surface area contributed by atoms with E-state index in [1.807, 2.05) is 42.5 Å². The summed E-state index contributed by atoms with van der Waals surface area (Å²) in [5.41, 5.74) is 1.34. The normalized spacial score (nSPS) is 11.2. The van der Waals surface area contributed by atoms with Gasteiger partial charge >= 0.3 is 6.18 Å². The van der Waals surface area contributed by atoms with Crippen molar-refractivity contribution in [1.82, 2.24) is 4.98 Å². The van der Waals surface area contributed by atoms with E-state index in [0.717, 1.165) is 29.0 Å². The quantitative estimate of drug-likeness (QED) is 0.328. The van der Waals surface area contributed by atoms with Gasteiger partial charge < -0.3 is 10.1 Å². The predicted octanol–water partition coefficient (Wildman–Crippen LogP) is 6.83. The van der Waals surface area contributed by atoms with Crippen LogP contribution in [-0.4, -0.2) is 18.0 Å². The van der Waals surface area contributed by atoms with E-state index in [1.165, 1.54) is 0 Å². The van der Waals surface area contributed by atoms with E-state index in [2.05, 4.69) is 10.3 Å². The highest BCUT2D eigenvalue weighted by Crippen LogP contribution is 2.33. The first-order valence-electron chi connectivity index (χ1n) is 10.1. The van der Waals surface area contributed by atoms with Gasteiger partial charge in [-0.15, -0.1) is 0 Å². The second kappa shape index (κ2) is 9.35. The van der Waals surface area contributed by atoms with E-state index >= 15 is 0 Å². The third-order valence-corrected chi connectivity index (χ3v) is 5.08. The maximum absolute atomic E-state index is 13.3. The molecule has 0 aliphatic heterocycles. The summed E-state index contributed by atoms with van der Waals surface area (Å²) in [7, 11) is 1.59. The number of rotatable bonds is 5. The molecule has 0 atom stereocenters. The molecule has 0 aliphatic rings. The molecule has 0 aliphatic carbocycles. The van der Waals surface area contributed by atoms with Gasteiger partial charge in [0.25, 0.3) is 5.91 Å². The number of halogens is 4. The first-order valence-corrected chi connectivity index (χ1v) is 10.1. The molecule has 4 nitrogen and oxygen atoms in total. The number of nitrogens with zero attached hydrogens (tertiary/aromatic N) is 1. The molecule has 0 saturated carbocycles. The first kappa shape index (κ1) is 23.0. The average Bonchev–Trinajstić information content (AvgIpc) is 2.84. The Balaban J connectivity index is 1.55. The van der Waals surface area contributed by atoms with Crippen LogP contribution in [-0.2, 0) is 6.18 Å². The van der Waals surface area contributed by atoms with Gasteiger partial charge in [-0.05, 0) is 54.6 Å². The molecule has 34 heavy (non-hydrogen) atoms. The second-order valence-corrected chi connectivity index (χ2v) is 7.36. The molecule has 0 bridgehead atoms. The lowest BCUT2D eigenvalue weighted by Crippen LogP contribution is -2.19. The zero-order valence-electron chi connectivity index (χ0n) is 17.9. The Hall–Kier alpha value is -4.20. The number of hydrogen-bond donors (Lipinski definition) is 1. The molecule has 4 rings (SSSR count). The number of anilines is 1. The number of aromatic nitrogens is 1. The fourth-order valence-electron chi connectivity index (χ4n) is 3.41. The van der Waals surface area contributed by atoms with Gasteiger partial charge in [-0.1, -0.05) is 30.3 Å². The van der Waals surface area contributed by atoms with Crippen LogP contribution in [0.5, 0.6) is 5.75 Å². The topological polar surface area (TPSA) is 51.2 Å². The van der Waals surface area contributed by atoms with Crippen molar-refractivity contribution in [2.75, 3.05) is 12.4 Å². The zero-order chi connectivity index (χ0) is 24.3. The van der Waals surface area contributed by atoms with Crippen LogP contribution < -0.4 is 10.1 Å². The fraction of sp³-hybridized carbons (Fsp3) is 0.0769. The van der Waals surface area contributed by atoms with Crippen LogP contribution >= 0.6 is 0 Å². The van der Waals surface area contributed by atoms with Crippen LogP contribution in [0.15, 0.2) is 84.9 Å². The van der Waals surface area contributed by atoms with Crippen molar-refractivity contribution in [3.8, 4) is 28.3 Å². The Morgan fingerprint density at radius 3 is 2.21 bits per heavy atom. The van der Waals surface area contributed by atoms with Crippen molar-refractivity contribution in [1.29, 1.82) is 0 Å². The fourth-order valence-corrected chi connectivity index (χ4v) is 3.41. The van der Waals surface area contributed by atoms with Gasteiger partial charge in [-0.25, -0.2) is 9.37 Å². The summed E-state index contributed by atoms with van der Waals surface area (Å²) in [4.78, 5) is 17.1. The van der Waals surface area contributed by atoms with Crippen LogP contribution in [0.4, 0.5) is 23.2 Å². The number of nitrogens with one attached hydrogen (secondary N) is 1. The van der Waals surface area contributed by atoms with Crippen LogP contribution in [0.25, 0.3) is 22.5 Å². The maximum Gasteiger partial charge on any atom is 0.417 e. The number of carbonyl (C=O) groups excluding carboxylic acids is 1. The van der Waals surface area contributed by atoms with Crippen molar-refractivity contribution < 1.29 is 27.1 Å². The molecule has 3 aromatic carbocycles. The minimum Gasteiger partial charge on any atom is -0.497 e. The molecule has 0 unspecified atom stereocenters. The van der Waals surface area contributed by atoms with Crippen LogP contribution in [0.1, 0.15) is 15.9 Å². The Morgan fingerprint density at radius 2 is 1.53 bits per heavy atom. The molecule has 8 heteroatoms. The summed E-state index contributed by atoms with van der Waals surface area (Å²) < 4.78 is 58.2. The van der Waals surface area contributed by atoms with Gasteiger partial charge in [0, 0.05) is 16.8 Å². The smallest absolute Gasteiger partial charge is 0.417 e. The molecule has 1 N–H and O–H groups in total. The molecule has 1 heterocycles. The number of alkyl halides is 3. The SMILES string of the molecule is COc1cccc(-c2cccc(-c3ccc(NC(=O)c4ccc(F)cc4C(F)(F)F)cc3)n2)c1. The number of carbonyl (C=O) groups is 1. The monoisotopic (exact) mass is 466 g/mol. The summed E-state index contributed by atoms with van der Waals surface area (Å²) in [5, 5.41) is 2.42.